The summed E-state index contributed by atoms with van der Waals surface area (Å²) in [6.07, 6.45) is 0. The monoisotopic (exact) mass is 486 g/mol. The van der Waals surface area contributed by atoms with Crippen molar-refractivity contribution in [2.24, 2.45) is 7.05 Å². The SMILES string of the molecule is Cc1cccc(C(=O)Nc2ccc(SCC(=O)Nc3c(C)n(C)n(-c4ccccc4)c3=O)cc2)c1. The normalized spacial score (nSPS) is 10.7. The zero-order valence-corrected chi connectivity index (χ0v) is 20.6. The molecule has 0 radical (unpaired) electrons. The lowest BCUT2D eigenvalue weighted by Gasteiger charge is -2.08. The number of aryl methyl sites for hydroxylation is 1. The van der Waals surface area contributed by atoms with Crippen molar-refractivity contribution in [3.63, 3.8) is 0 Å². The minimum absolute atomic E-state index is 0.147. The van der Waals surface area contributed by atoms with Crippen molar-refractivity contribution < 1.29 is 9.59 Å². The number of para-hydroxylation sites is 1. The fourth-order valence-corrected chi connectivity index (χ4v) is 4.36. The molecule has 3 aromatic carbocycles. The zero-order valence-electron chi connectivity index (χ0n) is 19.7. The van der Waals surface area contributed by atoms with E-state index in [-0.39, 0.29) is 28.8 Å². The van der Waals surface area contributed by atoms with Gasteiger partial charge in [0.1, 0.15) is 5.69 Å². The maximum Gasteiger partial charge on any atom is 0.295 e. The highest BCUT2D eigenvalue weighted by Gasteiger charge is 2.18. The zero-order chi connectivity index (χ0) is 24.9. The standard InChI is InChI=1S/C27H26N4O3S/c1-18-8-7-9-20(16-18)26(33)28-21-12-14-23(15-13-21)35-17-24(32)29-25-19(2)30(3)31(27(25)34)22-10-5-4-6-11-22/h4-16H,17H2,1-3H3,(H,28,33)(H,29,32). The average Bonchev–Trinajstić information content (AvgIpc) is 3.07. The quantitative estimate of drug-likeness (QED) is 0.368. The van der Waals surface area contributed by atoms with Crippen LogP contribution in [0.1, 0.15) is 21.6 Å². The van der Waals surface area contributed by atoms with E-state index in [0.29, 0.717) is 16.9 Å². The second kappa shape index (κ2) is 10.5. The molecule has 0 unspecified atom stereocenters. The highest BCUT2D eigenvalue weighted by molar-refractivity contribution is 8.00. The first-order valence-corrected chi connectivity index (χ1v) is 12.1. The largest absolute Gasteiger partial charge is 0.322 e. The first-order valence-electron chi connectivity index (χ1n) is 11.1. The second-order valence-corrected chi connectivity index (χ2v) is 9.17. The molecule has 178 valence electrons. The molecule has 35 heavy (non-hydrogen) atoms. The lowest BCUT2D eigenvalue weighted by molar-refractivity contribution is -0.113. The molecule has 0 atom stereocenters. The molecular formula is C27H26N4O3S. The number of amides is 2. The number of aromatic nitrogens is 2. The lowest BCUT2D eigenvalue weighted by Crippen LogP contribution is -2.23. The van der Waals surface area contributed by atoms with E-state index in [2.05, 4.69) is 10.6 Å². The molecule has 4 rings (SSSR count). The minimum atomic E-state index is -0.275. The Kier molecular flexibility index (Phi) is 7.22. The molecule has 0 aliphatic rings. The first kappa shape index (κ1) is 24.1. The van der Waals surface area contributed by atoms with Gasteiger partial charge in [-0.05, 0) is 62.4 Å². The predicted octanol–water partition coefficient (Wildman–Crippen LogP) is 4.78. The van der Waals surface area contributed by atoms with Crippen molar-refractivity contribution in [1.82, 2.24) is 9.36 Å². The number of nitrogens with one attached hydrogen (secondary N) is 2. The first-order chi connectivity index (χ1) is 16.8. The van der Waals surface area contributed by atoms with Crippen molar-refractivity contribution >= 4 is 35.0 Å². The third-order valence-corrected chi connectivity index (χ3v) is 6.59. The Hall–Kier alpha value is -4.04. The van der Waals surface area contributed by atoms with Crippen molar-refractivity contribution in [1.29, 1.82) is 0 Å². The van der Waals surface area contributed by atoms with Gasteiger partial charge in [-0.2, -0.15) is 0 Å². The van der Waals surface area contributed by atoms with E-state index < -0.39 is 0 Å². The molecule has 7 nitrogen and oxygen atoms in total. The van der Waals surface area contributed by atoms with Crippen LogP contribution in [0.4, 0.5) is 11.4 Å². The fraction of sp³-hybridized carbons (Fsp3) is 0.148. The summed E-state index contributed by atoms with van der Waals surface area (Å²) in [6, 6.07) is 24.0. The molecule has 0 aliphatic carbocycles. The van der Waals surface area contributed by atoms with Crippen molar-refractivity contribution in [2.45, 2.75) is 18.7 Å². The lowest BCUT2D eigenvalue weighted by atomic mass is 10.1. The Labute approximate surface area is 207 Å². The van der Waals surface area contributed by atoms with Gasteiger partial charge in [-0.3, -0.25) is 19.1 Å². The third-order valence-electron chi connectivity index (χ3n) is 5.58. The van der Waals surface area contributed by atoms with Crippen LogP contribution in [-0.4, -0.2) is 26.9 Å². The van der Waals surface area contributed by atoms with Crippen LogP contribution in [0.2, 0.25) is 0 Å². The Balaban J connectivity index is 1.36. The van der Waals surface area contributed by atoms with Crippen LogP contribution in [0.25, 0.3) is 5.69 Å². The van der Waals surface area contributed by atoms with E-state index in [4.69, 9.17) is 0 Å². The topological polar surface area (TPSA) is 85.1 Å². The van der Waals surface area contributed by atoms with E-state index in [1.807, 2.05) is 67.6 Å². The van der Waals surface area contributed by atoms with Crippen LogP contribution in [0.15, 0.2) is 88.6 Å². The molecule has 4 aromatic rings. The van der Waals surface area contributed by atoms with Gasteiger partial charge in [0.15, 0.2) is 0 Å². The molecule has 2 amide bonds. The van der Waals surface area contributed by atoms with Crippen LogP contribution in [-0.2, 0) is 11.8 Å². The van der Waals surface area contributed by atoms with E-state index >= 15 is 0 Å². The Morgan fingerprint density at radius 3 is 2.29 bits per heavy atom. The number of nitrogens with zero attached hydrogens (tertiary/aromatic N) is 2. The maximum absolute atomic E-state index is 13.0. The second-order valence-electron chi connectivity index (χ2n) is 8.12. The molecule has 1 aromatic heterocycles. The van der Waals surface area contributed by atoms with E-state index in [9.17, 15) is 14.4 Å². The minimum Gasteiger partial charge on any atom is -0.322 e. The summed E-state index contributed by atoms with van der Waals surface area (Å²) >= 11 is 1.35. The third kappa shape index (κ3) is 5.55. The molecule has 0 saturated heterocycles. The van der Waals surface area contributed by atoms with Gasteiger partial charge in [0.25, 0.3) is 11.5 Å². The number of hydrogen-bond donors (Lipinski definition) is 2. The molecule has 8 heteroatoms. The van der Waals surface area contributed by atoms with Gasteiger partial charge >= 0.3 is 0 Å². The summed E-state index contributed by atoms with van der Waals surface area (Å²) in [7, 11) is 1.79. The summed E-state index contributed by atoms with van der Waals surface area (Å²) in [5.74, 6) is -0.292. The Morgan fingerprint density at radius 2 is 1.60 bits per heavy atom. The predicted molar refractivity (Wildman–Crippen MR) is 141 cm³/mol. The van der Waals surface area contributed by atoms with Gasteiger partial charge in [0, 0.05) is 23.2 Å². The number of carbonyl (C=O) groups is 2. The average molecular weight is 487 g/mol. The van der Waals surface area contributed by atoms with Crippen LogP contribution in [0.3, 0.4) is 0 Å². The summed E-state index contributed by atoms with van der Waals surface area (Å²) in [5, 5.41) is 5.65. The molecule has 0 bridgehead atoms. The number of hydrogen-bond acceptors (Lipinski definition) is 4. The van der Waals surface area contributed by atoms with Crippen LogP contribution in [0, 0.1) is 13.8 Å². The number of rotatable bonds is 7. The molecular weight excluding hydrogens is 460 g/mol. The van der Waals surface area contributed by atoms with E-state index in [1.54, 1.807) is 36.9 Å². The molecule has 2 N–H and O–H groups in total. The van der Waals surface area contributed by atoms with Gasteiger partial charge in [0.2, 0.25) is 5.91 Å². The van der Waals surface area contributed by atoms with Crippen molar-refractivity contribution in [2.75, 3.05) is 16.4 Å². The van der Waals surface area contributed by atoms with Crippen molar-refractivity contribution in [3.05, 3.63) is 106 Å². The molecule has 0 aliphatic heterocycles. The molecule has 0 saturated carbocycles. The summed E-state index contributed by atoms with van der Waals surface area (Å²) < 4.78 is 3.26. The Morgan fingerprint density at radius 1 is 0.886 bits per heavy atom. The van der Waals surface area contributed by atoms with Crippen molar-refractivity contribution in [3.8, 4) is 5.69 Å². The highest BCUT2D eigenvalue weighted by atomic mass is 32.2. The number of carbonyl (C=O) groups excluding carboxylic acids is 2. The van der Waals surface area contributed by atoms with Gasteiger partial charge in [0.05, 0.1) is 17.1 Å². The molecule has 1 heterocycles. The molecule has 0 spiro atoms. The van der Waals surface area contributed by atoms with Gasteiger partial charge in [-0.25, -0.2) is 4.68 Å². The van der Waals surface area contributed by atoms with Crippen LogP contribution >= 0.6 is 11.8 Å². The maximum atomic E-state index is 13.0. The van der Waals surface area contributed by atoms with Crippen LogP contribution in [0.5, 0.6) is 0 Å². The van der Waals surface area contributed by atoms with Crippen LogP contribution < -0.4 is 16.2 Å². The van der Waals surface area contributed by atoms with E-state index in [0.717, 1.165) is 16.1 Å². The highest BCUT2D eigenvalue weighted by Crippen LogP contribution is 2.22. The summed E-state index contributed by atoms with van der Waals surface area (Å²) in [5.41, 5.74) is 3.69. The smallest absolute Gasteiger partial charge is 0.295 e. The molecule has 0 fully saturated rings. The number of thioether (sulfide) groups is 1. The number of benzene rings is 3. The van der Waals surface area contributed by atoms with Gasteiger partial charge < -0.3 is 10.6 Å². The Bertz CT molecular complexity index is 1420. The van der Waals surface area contributed by atoms with Gasteiger partial charge in [-0.1, -0.05) is 35.9 Å². The van der Waals surface area contributed by atoms with Gasteiger partial charge in [-0.15, -0.1) is 11.8 Å². The summed E-state index contributed by atoms with van der Waals surface area (Å²) in [6.45, 7) is 3.74. The number of anilines is 2. The fourth-order valence-electron chi connectivity index (χ4n) is 3.66. The van der Waals surface area contributed by atoms with E-state index in [1.165, 1.54) is 16.4 Å². The summed E-state index contributed by atoms with van der Waals surface area (Å²) in [4.78, 5) is 38.8.